The van der Waals surface area contributed by atoms with Gasteiger partial charge in [0.2, 0.25) is 0 Å². The van der Waals surface area contributed by atoms with E-state index in [0.29, 0.717) is 0 Å². The van der Waals surface area contributed by atoms with Crippen molar-refractivity contribution in [3.8, 4) is 33.4 Å². The van der Waals surface area contributed by atoms with Gasteiger partial charge in [0.1, 0.15) is 0 Å². The third-order valence-corrected chi connectivity index (χ3v) is 12.8. The summed E-state index contributed by atoms with van der Waals surface area (Å²) in [6, 6.07) is 87.9. The van der Waals surface area contributed by atoms with Crippen molar-refractivity contribution in [1.29, 1.82) is 0 Å². The maximum atomic E-state index is 2.44. The van der Waals surface area contributed by atoms with Gasteiger partial charge in [-0.05, 0) is 105 Å². The Labute approximate surface area is 360 Å². The van der Waals surface area contributed by atoms with Crippen molar-refractivity contribution in [1.82, 2.24) is 0 Å². The van der Waals surface area contributed by atoms with Crippen LogP contribution in [-0.4, -0.2) is 0 Å². The van der Waals surface area contributed by atoms with Gasteiger partial charge >= 0.3 is 0 Å². The standard InChI is InChI=1S/C58H40N2S/c1-5-16-41(17-6-1)44-28-33-49(34-29-44)59(51-26-15-23-47(38-51)43-20-9-3-10-21-43)52-39-55(57-54-37-32-46-22-13-14-27-53(46)58(54)61-56(57)40-52)60(48-24-11-4-12-25-48)50-35-30-45(31-36-50)42-18-7-2-8-19-42/h1-40H. The van der Waals surface area contributed by atoms with Gasteiger partial charge in [0.25, 0.3) is 0 Å². The van der Waals surface area contributed by atoms with Crippen LogP contribution >= 0.6 is 11.3 Å². The number of rotatable bonds is 9. The van der Waals surface area contributed by atoms with E-state index >= 15 is 0 Å². The molecule has 3 heteroatoms. The summed E-state index contributed by atoms with van der Waals surface area (Å²) >= 11 is 1.88. The first-order chi connectivity index (χ1) is 30.2. The molecular weight excluding hydrogens is 757 g/mol. The Morgan fingerprint density at radius 2 is 0.754 bits per heavy atom. The molecule has 1 heterocycles. The van der Waals surface area contributed by atoms with Gasteiger partial charge in [0.05, 0.1) is 5.69 Å². The van der Waals surface area contributed by atoms with E-state index in [2.05, 4.69) is 252 Å². The highest BCUT2D eigenvalue weighted by atomic mass is 32.1. The van der Waals surface area contributed by atoms with Crippen LogP contribution in [-0.2, 0) is 0 Å². The number of para-hydroxylation sites is 1. The smallest absolute Gasteiger partial charge is 0.0575 e. The predicted octanol–water partition coefficient (Wildman–Crippen LogP) is 17.1. The summed E-state index contributed by atoms with van der Waals surface area (Å²) in [4.78, 5) is 4.87. The molecule has 2 nitrogen and oxygen atoms in total. The van der Waals surface area contributed by atoms with Gasteiger partial charge in [-0.2, -0.15) is 0 Å². The molecule has 11 aromatic rings. The van der Waals surface area contributed by atoms with E-state index in [1.165, 1.54) is 64.3 Å². The van der Waals surface area contributed by atoms with Crippen LogP contribution in [0.25, 0.3) is 64.3 Å². The van der Waals surface area contributed by atoms with Crippen molar-refractivity contribution < 1.29 is 0 Å². The van der Waals surface area contributed by atoms with Crippen LogP contribution in [0.5, 0.6) is 0 Å². The fourth-order valence-corrected chi connectivity index (χ4v) is 9.97. The van der Waals surface area contributed by atoms with Gasteiger partial charge in [0, 0.05) is 48.6 Å². The molecule has 0 radical (unpaired) electrons. The average molecular weight is 797 g/mol. The molecule has 10 aromatic carbocycles. The molecule has 0 fully saturated rings. The van der Waals surface area contributed by atoms with Crippen LogP contribution in [0, 0.1) is 0 Å². The lowest BCUT2D eigenvalue weighted by Gasteiger charge is -2.30. The minimum atomic E-state index is 1.08. The molecule has 288 valence electrons. The summed E-state index contributed by atoms with van der Waals surface area (Å²) < 4.78 is 2.52. The Morgan fingerprint density at radius 3 is 1.38 bits per heavy atom. The van der Waals surface area contributed by atoms with Crippen molar-refractivity contribution in [2.45, 2.75) is 0 Å². The maximum absolute atomic E-state index is 2.44. The van der Waals surface area contributed by atoms with Gasteiger partial charge < -0.3 is 9.80 Å². The van der Waals surface area contributed by atoms with E-state index in [1.54, 1.807) is 0 Å². The van der Waals surface area contributed by atoms with Crippen LogP contribution in [0.1, 0.15) is 0 Å². The lowest BCUT2D eigenvalue weighted by molar-refractivity contribution is 1.26. The van der Waals surface area contributed by atoms with Crippen molar-refractivity contribution in [2.75, 3.05) is 9.80 Å². The average Bonchev–Trinajstić information content (AvgIpc) is 3.73. The van der Waals surface area contributed by atoms with Crippen molar-refractivity contribution in [2.24, 2.45) is 0 Å². The largest absolute Gasteiger partial charge is 0.310 e. The first kappa shape index (κ1) is 36.4. The van der Waals surface area contributed by atoms with Crippen molar-refractivity contribution >= 4 is 76.4 Å². The molecule has 0 spiro atoms. The number of thiophene rings is 1. The molecule has 0 unspecified atom stereocenters. The highest BCUT2D eigenvalue weighted by molar-refractivity contribution is 7.26. The lowest BCUT2D eigenvalue weighted by Crippen LogP contribution is -2.13. The maximum Gasteiger partial charge on any atom is 0.0575 e. The summed E-state index contributed by atoms with van der Waals surface area (Å²) in [5.74, 6) is 0. The van der Waals surface area contributed by atoms with Crippen LogP contribution in [0.4, 0.5) is 34.1 Å². The number of hydrogen-bond donors (Lipinski definition) is 0. The number of fused-ring (bicyclic) bond motifs is 5. The van der Waals surface area contributed by atoms with E-state index < -0.39 is 0 Å². The Morgan fingerprint density at radius 1 is 0.279 bits per heavy atom. The van der Waals surface area contributed by atoms with Crippen molar-refractivity contribution in [3.63, 3.8) is 0 Å². The number of hydrogen-bond acceptors (Lipinski definition) is 3. The van der Waals surface area contributed by atoms with Crippen LogP contribution in [0.15, 0.2) is 243 Å². The first-order valence-corrected chi connectivity index (χ1v) is 21.6. The summed E-state index contributed by atoms with van der Waals surface area (Å²) in [5.41, 5.74) is 13.7. The van der Waals surface area contributed by atoms with E-state index in [9.17, 15) is 0 Å². The molecule has 0 saturated carbocycles. The Bertz CT molecular complexity index is 3270. The van der Waals surface area contributed by atoms with Crippen molar-refractivity contribution in [3.05, 3.63) is 243 Å². The second-order valence-corrected chi connectivity index (χ2v) is 16.4. The summed E-state index contributed by atoms with van der Waals surface area (Å²) in [5, 5.41) is 5.02. The van der Waals surface area contributed by atoms with Gasteiger partial charge in [-0.15, -0.1) is 11.3 Å². The lowest BCUT2D eigenvalue weighted by atomic mass is 10.0. The van der Waals surface area contributed by atoms with E-state index in [0.717, 1.165) is 34.1 Å². The zero-order valence-electron chi connectivity index (χ0n) is 33.4. The summed E-state index contributed by atoms with van der Waals surface area (Å²) in [6.45, 7) is 0. The second kappa shape index (κ2) is 15.8. The summed E-state index contributed by atoms with van der Waals surface area (Å²) in [6.07, 6.45) is 0. The number of nitrogens with zero attached hydrogens (tertiary/aromatic N) is 2. The van der Waals surface area contributed by atoms with Crippen LogP contribution in [0.2, 0.25) is 0 Å². The molecule has 0 aliphatic rings. The topological polar surface area (TPSA) is 6.48 Å². The molecule has 1 aromatic heterocycles. The molecule has 11 rings (SSSR count). The highest BCUT2D eigenvalue weighted by Gasteiger charge is 2.24. The zero-order chi connectivity index (χ0) is 40.5. The third-order valence-electron chi connectivity index (χ3n) is 11.6. The first-order valence-electron chi connectivity index (χ1n) is 20.7. The minimum absolute atomic E-state index is 1.08. The molecular formula is C58H40N2S. The molecule has 0 amide bonds. The van der Waals surface area contributed by atoms with Crippen LogP contribution in [0.3, 0.4) is 0 Å². The molecule has 61 heavy (non-hydrogen) atoms. The number of benzene rings is 10. The van der Waals surface area contributed by atoms with Crippen LogP contribution < -0.4 is 9.80 Å². The van der Waals surface area contributed by atoms with Gasteiger partial charge in [0.15, 0.2) is 0 Å². The molecule has 0 atom stereocenters. The second-order valence-electron chi connectivity index (χ2n) is 15.4. The van der Waals surface area contributed by atoms with E-state index in [1.807, 2.05) is 11.3 Å². The Balaban J connectivity index is 1.18. The molecule has 0 aliphatic carbocycles. The van der Waals surface area contributed by atoms with Gasteiger partial charge in [-0.25, -0.2) is 0 Å². The monoisotopic (exact) mass is 796 g/mol. The highest BCUT2D eigenvalue weighted by Crippen LogP contribution is 2.50. The minimum Gasteiger partial charge on any atom is -0.310 e. The molecule has 0 N–H and O–H groups in total. The predicted molar refractivity (Wildman–Crippen MR) is 263 cm³/mol. The molecule has 0 bridgehead atoms. The molecule has 0 saturated heterocycles. The Hall–Kier alpha value is -7.72. The quantitative estimate of drug-likeness (QED) is 0.144. The fraction of sp³-hybridized carbons (Fsp3) is 0. The van der Waals surface area contributed by atoms with E-state index in [4.69, 9.17) is 0 Å². The van der Waals surface area contributed by atoms with Gasteiger partial charge in [-0.3, -0.25) is 0 Å². The number of anilines is 6. The normalized spacial score (nSPS) is 11.3. The fourth-order valence-electron chi connectivity index (χ4n) is 8.68. The molecule has 0 aliphatic heterocycles. The summed E-state index contributed by atoms with van der Waals surface area (Å²) in [7, 11) is 0. The SMILES string of the molecule is c1ccc(-c2ccc(N(c3cccc(-c4ccccc4)c3)c3cc(N(c4ccccc4)c4ccc(-c5ccccc5)cc4)c4c(c3)sc3c5ccccc5ccc34)cc2)cc1. The zero-order valence-corrected chi connectivity index (χ0v) is 34.2. The van der Waals surface area contributed by atoms with Gasteiger partial charge in [-0.1, -0.05) is 182 Å². The Kier molecular flexibility index (Phi) is 9.42. The third kappa shape index (κ3) is 6.91. The van der Waals surface area contributed by atoms with E-state index in [-0.39, 0.29) is 0 Å².